The highest BCUT2D eigenvalue weighted by Crippen LogP contribution is 2.39. The number of pyridine rings is 1. The van der Waals surface area contributed by atoms with Crippen LogP contribution >= 0.6 is 23.4 Å². The molecule has 13 heteroatoms. The fraction of sp³-hybridized carbons (Fsp3) is 0.484. The van der Waals surface area contributed by atoms with E-state index in [1.807, 2.05) is 0 Å². The summed E-state index contributed by atoms with van der Waals surface area (Å²) >= 11 is 7.68. The maximum absolute atomic E-state index is 14.7. The molecule has 0 radical (unpaired) electrons. The smallest absolute Gasteiger partial charge is 0.239 e. The number of thioether (sulfide) groups is 1. The number of hydrogen-bond acceptors (Lipinski definition) is 9. The van der Waals surface area contributed by atoms with Crippen molar-refractivity contribution >= 4 is 54.8 Å². The Morgan fingerprint density at radius 3 is 2.59 bits per heavy atom. The van der Waals surface area contributed by atoms with E-state index >= 15 is 0 Å². The number of likely N-dealkylation sites (tertiary alicyclic amines) is 2. The Hall–Kier alpha value is -2.61. The van der Waals surface area contributed by atoms with Crippen LogP contribution in [0.25, 0.3) is 11.3 Å². The topological polar surface area (TPSA) is 95.5 Å². The number of carbonyl (C=O) groups is 1. The molecule has 0 aliphatic carbocycles. The molecule has 3 aromatic rings. The molecule has 2 aromatic heterocycles. The van der Waals surface area contributed by atoms with Crippen LogP contribution < -0.4 is 10.6 Å². The van der Waals surface area contributed by atoms with E-state index in [0.29, 0.717) is 57.3 Å². The summed E-state index contributed by atoms with van der Waals surface area (Å²) in [4.78, 5) is 21.6. The maximum atomic E-state index is 14.7. The largest absolute Gasteiger partial charge is 0.416 e. The van der Waals surface area contributed by atoms with Gasteiger partial charge < -0.3 is 20.0 Å². The number of amides is 1. The van der Waals surface area contributed by atoms with Gasteiger partial charge >= 0.3 is 0 Å². The first-order valence-electron chi connectivity index (χ1n) is 14.8. The van der Waals surface area contributed by atoms with Crippen LogP contribution in [0.5, 0.6) is 0 Å². The molecular weight excluding hydrogens is 617 g/mol. The molecule has 44 heavy (non-hydrogen) atoms. The number of aromatic nitrogens is 3. The molecule has 0 bridgehead atoms. The van der Waals surface area contributed by atoms with Crippen molar-refractivity contribution in [3.8, 4) is 11.3 Å². The predicted octanol–water partition coefficient (Wildman–Crippen LogP) is 6.37. The second kappa shape index (κ2) is 13.0. The first-order chi connectivity index (χ1) is 20.7. The minimum Gasteiger partial charge on any atom is -0.416 e. The Balaban J connectivity index is 1.28. The van der Waals surface area contributed by atoms with Gasteiger partial charge in [0.05, 0.1) is 17.9 Å². The average molecular weight is 658 g/mol. The molecule has 9 nitrogen and oxygen atoms in total. The molecule has 2 aliphatic heterocycles. The standard InChI is InChI=1S/C31H41ClFN7O2SSi/c1-30(2,3)44(5,6)42-11-12-43-29-26(15-25(37-38-29)23-13-21(32)7-8-24(23)33)35-22-9-10-34-27(14-22)36-28(41)16-40-19-31(20-40)17-39(4)18-31/h7-10,13-15H,11-12,16-20H2,1-6H3,(H2,34,35,36,37,41). The highest BCUT2D eigenvalue weighted by atomic mass is 35.5. The molecular formula is C31H41ClFN7O2SSi. The number of hydrogen-bond donors (Lipinski definition) is 2. The third-order valence-corrected chi connectivity index (χ3v) is 14.3. The summed E-state index contributed by atoms with van der Waals surface area (Å²) in [7, 11) is 0.237. The van der Waals surface area contributed by atoms with E-state index in [2.05, 4.69) is 76.5 Å². The lowest BCUT2D eigenvalue weighted by Gasteiger charge is -2.59. The summed E-state index contributed by atoms with van der Waals surface area (Å²) in [5.41, 5.74) is 2.32. The Bertz CT molecular complexity index is 1510. The fourth-order valence-corrected chi connectivity index (χ4v) is 7.57. The van der Waals surface area contributed by atoms with Crippen LogP contribution in [0, 0.1) is 11.2 Å². The number of nitrogens with zero attached hydrogens (tertiary/aromatic N) is 5. The molecule has 1 spiro atoms. The molecule has 0 atom stereocenters. The Morgan fingerprint density at radius 1 is 1.14 bits per heavy atom. The highest BCUT2D eigenvalue weighted by molar-refractivity contribution is 7.99. The van der Waals surface area contributed by atoms with Crippen LogP contribution in [0.15, 0.2) is 47.6 Å². The van der Waals surface area contributed by atoms with Gasteiger partial charge in [0.15, 0.2) is 8.32 Å². The van der Waals surface area contributed by atoms with Gasteiger partial charge in [-0.3, -0.25) is 9.69 Å². The van der Waals surface area contributed by atoms with Crippen LogP contribution in [0.2, 0.25) is 23.2 Å². The molecule has 236 valence electrons. The molecule has 1 aromatic carbocycles. The van der Waals surface area contributed by atoms with E-state index in [1.54, 1.807) is 24.4 Å². The summed E-state index contributed by atoms with van der Waals surface area (Å²) in [6.45, 7) is 16.1. The Labute approximate surface area is 269 Å². The number of carbonyl (C=O) groups excluding carboxylic acids is 1. The van der Waals surface area contributed by atoms with E-state index in [4.69, 9.17) is 16.0 Å². The quantitative estimate of drug-likeness (QED) is 0.138. The second-order valence-electron chi connectivity index (χ2n) is 13.5. The zero-order chi connectivity index (χ0) is 31.7. The molecule has 2 N–H and O–H groups in total. The molecule has 2 saturated heterocycles. The Kier molecular flexibility index (Phi) is 9.69. The van der Waals surface area contributed by atoms with Crippen LogP contribution in [0.3, 0.4) is 0 Å². The summed E-state index contributed by atoms with van der Waals surface area (Å²) in [5.74, 6) is 0.578. The molecule has 0 saturated carbocycles. The van der Waals surface area contributed by atoms with Gasteiger partial charge in [0.25, 0.3) is 0 Å². The van der Waals surface area contributed by atoms with Gasteiger partial charge in [-0.05, 0) is 55.5 Å². The number of nitrogens with one attached hydrogen (secondary N) is 2. The average Bonchev–Trinajstić information content (AvgIpc) is 2.90. The third-order valence-electron chi connectivity index (χ3n) is 8.56. The van der Waals surface area contributed by atoms with Gasteiger partial charge in [-0.25, -0.2) is 9.37 Å². The van der Waals surface area contributed by atoms with Gasteiger partial charge in [0, 0.05) is 72.5 Å². The van der Waals surface area contributed by atoms with Crippen LogP contribution in [0.1, 0.15) is 20.8 Å². The summed E-state index contributed by atoms with van der Waals surface area (Å²) < 4.78 is 21.1. The van der Waals surface area contributed by atoms with Crippen molar-refractivity contribution in [3.05, 3.63) is 53.4 Å². The minimum atomic E-state index is -1.89. The lowest BCUT2D eigenvalue weighted by atomic mass is 9.73. The van der Waals surface area contributed by atoms with Gasteiger partial charge in [-0.2, -0.15) is 0 Å². The van der Waals surface area contributed by atoms with Crippen molar-refractivity contribution in [1.82, 2.24) is 25.0 Å². The van der Waals surface area contributed by atoms with Crippen LogP contribution in [-0.4, -0.2) is 91.3 Å². The van der Waals surface area contributed by atoms with Gasteiger partial charge in [-0.15, -0.1) is 22.0 Å². The molecule has 2 aliphatic rings. The lowest BCUT2D eigenvalue weighted by Crippen LogP contribution is -2.71. The first kappa shape index (κ1) is 32.8. The lowest BCUT2D eigenvalue weighted by molar-refractivity contribution is -0.130. The molecule has 5 rings (SSSR count). The van der Waals surface area contributed by atoms with E-state index in [0.717, 1.165) is 26.2 Å². The van der Waals surface area contributed by atoms with Crippen molar-refractivity contribution in [2.45, 2.75) is 43.9 Å². The normalized spacial score (nSPS) is 16.8. The van der Waals surface area contributed by atoms with Crippen molar-refractivity contribution < 1.29 is 13.6 Å². The van der Waals surface area contributed by atoms with Crippen LogP contribution in [0.4, 0.5) is 21.6 Å². The zero-order valence-corrected chi connectivity index (χ0v) is 28.8. The molecule has 0 unspecified atom stereocenters. The highest BCUT2D eigenvalue weighted by Gasteiger charge is 2.50. The van der Waals surface area contributed by atoms with E-state index in [1.165, 1.54) is 30.0 Å². The van der Waals surface area contributed by atoms with Gasteiger partial charge in [0.2, 0.25) is 5.91 Å². The SMILES string of the molecule is CN1CC2(C1)CN(CC(=O)Nc1cc(Nc3cc(-c4cc(Cl)ccc4F)nnc3SCCO[Si](C)(C)C(C)(C)C)ccn1)C2. The van der Waals surface area contributed by atoms with E-state index < -0.39 is 14.1 Å². The van der Waals surface area contributed by atoms with Crippen molar-refractivity contribution in [1.29, 1.82) is 0 Å². The van der Waals surface area contributed by atoms with Crippen LogP contribution in [-0.2, 0) is 9.22 Å². The molecule has 1 amide bonds. The maximum Gasteiger partial charge on any atom is 0.239 e. The number of benzene rings is 1. The molecule has 2 fully saturated rings. The van der Waals surface area contributed by atoms with E-state index in [-0.39, 0.29) is 16.5 Å². The Morgan fingerprint density at radius 2 is 1.89 bits per heavy atom. The molecule has 4 heterocycles. The van der Waals surface area contributed by atoms with Crippen molar-refractivity contribution in [3.63, 3.8) is 0 Å². The number of halogens is 2. The fourth-order valence-electron chi connectivity index (χ4n) is 5.48. The second-order valence-corrected chi connectivity index (χ2v) is 19.8. The summed E-state index contributed by atoms with van der Waals surface area (Å²) in [6, 6.07) is 9.68. The minimum absolute atomic E-state index is 0.0977. The van der Waals surface area contributed by atoms with Crippen molar-refractivity contribution in [2.75, 3.05) is 62.8 Å². The summed E-state index contributed by atoms with van der Waals surface area (Å²) in [5, 5.41) is 16.3. The third kappa shape index (κ3) is 7.78. The van der Waals surface area contributed by atoms with Gasteiger partial charge in [0.1, 0.15) is 16.7 Å². The number of anilines is 3. The summed E-state index contributed by atoms with van der Waals surface area (Å²) in [6.07, 6.45) is 1.63. The number of rotatable bonds is 11. The van der Waals surface area contributed by atoms with Crippen molar-refractivity contribution in [2.24, 2.45) is 5.41 Å². The van der Waals surface area contributed by atoms with Gasteiger partial charge in [-0.1, -0.05) is 32.4 Å². The first-order valence-corrected chi connectivity index (χ1v) is 19.0. The zero-order valence-electron chi connectivity index (χ0n) is 26.2. The predicted molar refractivity (Wildman–Crippen MR) is 179 cm³/mol. The monoisotopic (exact) mass is 657 g/mol. The van der Waals surface area contributed by atoms with E-state index in [9.17, 15) is 9.18 Å².